The van der Waals surface area contributed by atoms with Crippen LogP contribution in [0.2, 0.25) is 0 Å². The van der Waals surface area contributed by atoms with Gasteiger partial charge in [0.15, 0.2) is 11.5 Å². The van der Waals surface area contributed by atoms with Gasteiger partial charge >= 0.3 is 6.61 Å². The Bertz CT molecular complexity index is 889. The molecule has 29 heavy (non-hydrogen) atoms. The van der Waals surface area contributed by atoms with Gasteiger partial charge in [-0.1, -0.05) is 24.3 Å². The summed E-state index contributed by atoms with van der Waals surface area (Å²) in [6.07, 6.45) is 2.83. The van der Waals surface area contributed by atoms with Crippen LogP contribution in [0.3, 0.4) is 0 Å². The fraction of sp³-hybridized carbons (Fsp3) is 0.333. The molecule has 3 rings (SSSR count). The highest BCUT2D eigenvalue weighted by molar-refractivity contribution is 5.97. The molecule has 1 atom stereocenters. The number of rotatable bonds is 7. The molecule has 1 aliphatic carbocycles. The minimum Gasteiger partial charge on any atom is -0.493 e. The van der Waals surface area contributed by atoms with Crippen molar-refractivity contribution in [2.75, 3.05) is 13.7 Å². The Morgan fingerprint density at radius 2 is 1.97 bits per heavy atom. The second-order valence-corrected chi connectivity index (χ2v) is 6.64. The lowest BCUT2D eigenvalue weighted by Gasteiger charge is -2.26. The van der Waals surface area contributed by atoms with E-state index in [0.29, 0.717) is 0 Å². The molecule has 0 saturated heterocycles. The van der Waals surface area contributed by atoms with E-state index in [1.807, 2.05) is 18.2 Å². The second-order valence-electron chi connectivity index (χ2n) is 6.64. The van der Waals surface area contributed by atoms with Gasteiger partial charge in [0.05, 0.1) is 19.7 Å². The molecule has 2 amide bonds. The predicted molar refractivity (Wildman–Crippen MR) is 102 cm³/mol. The van der Waals surface area contributed by atoms with E-state index in [2.05, 4.69) is 21.4 Å². The van der Waals surface area contributed by atoms with Crippen molar-refractivity contribution in [1.29, 1.82) is 0 Å². The molecule has 0 aromatic heterocycles. The zero-order valence-electron chi connectivity index (χ0n) is 15.9. The zero-order valence-corrected chi connectivity index (χ0v) is 15.9. The highest BCUT2D eigenvalue weighted by atomic mass is 19.3. The second kappa shape index (κ2) is 9.36. The molecule has 0 spiro atoms. The van der Waals surface area contributed by atoms with Crippen LogP contribution in [-0.2, 0) is 11.2 Å². The van der Waals surface area contributed by atoms with E-state index in [-0.39, 0.29) is 35.6 Å². The molecule has 2 N–H and O–H groups in total. The number of methoxy groups -OCH3 is 1. The summed E-state index contributed by atoms with van der Waals surface area (Å²) < 4.78 is 34.1. The minimum atomic E-state index is -3.00. The number of alkyl halides is 2. The van der Waals surface area contributed by atoms with Crippen molar-refractivity contribution in [2.45, 2.75) is 31.9 Å². The van der Waals surface area contributed by atoms with Gasteiger partial charge < -0.3 is 20.1 Å². The van der Waals surface area contributed by atoms with E-state index < -0.39 is 12.5 Å². The van der Waals surface area contributed by atoms with E-state index >= 15 is 0 Å². The number of nitrogens with one attached hydrogen (secondary N) is 2. The van der Waals surface area contributed by atoms with E-state index in [1.54, 1.807) is 0 Å². The number of hydrogen-bond acceptors (Lipinski definition) is 4. The lowest BCUT2D eigenvalue weighted by molar-refractivity contribution is -0.121. The Morgan fingerprint density at radius 3 is 2.72 bits per heavy atom. The molecule has 2 aromatic rings. The molecule has 0 bridgehead atoms. The molecule has 2 aromatic carbocycles. The zero-order chi connectivity index (χ0) is 20.8. The van der Waals surface area contributed by atoms with Crippen molar-refractivity contribution in [3.8, 4) is 11.5 Å². The molecule has 154 valence electrons. The molecular formula is C21H22F2N2O4. The third-order valence-electron chi connectivity index (χ3n) is 4.76. The molecule has 6 nitrogen and oxygen atoms in total. The molecule has 1 unspecified atom stereocenters. The van der Waals surface area contributed by atoms with Crippen LogP contribution in [0.5, 0.6) is 11.5 Å². The molecule has 0 radical (unpaired) electrons. The molecule has 8 heteroatoms. The van der Waals surface area contributed by atoms with Crippen molar-refractivity contribution in [1.82, 2.24) is 10.6 Å². The van der Waals surface area contributed by atoms with Crippen LogP contribution in [0.15, 0.2) is 42.5 Å². The van der Waals surface area contributed by atoms with Gasteiger partial charge in [0, 0.05) is 5.56 Å². The van der Waals surface area contributed by atoms with Gasteiger partial charge in [0.2, 0.25) is 5.91 Å². The fourth-order valence-electron chi connectivity index (χ4n) is 3.41. The molecule has 0 heterocycles. The van der Waals surface area contributed by atoms with Gasteiger partial charge in [0.1, 0.15) is 0 Å². The Kier molecular flexibility index (Phi) is 6.64. The van der Waals surface area contributed by atoms with Gasteiger partial charge in [-0.15, -0.1) is 0 Å². The summed E-state index contributed by atoms with van der Waals surface area (Å²) in [6.45, 7) is -3.20. The highest BCUT2D eigenvalue weighted by Crippen LogP contribution is 2.30. The summed E-state index contributed by atoms with van der Waals surface area (Å²) in [6, 6.07) is 11.7. The summed E-state index contributed by atoms with van der Waals surface area (Å²) in [5.74, 6) is -0.996. The average molecular weight is 404 g/mol. The number of halogens is 2. The molecule has 0 fully saturated rings. The summed E-state index contributed by atoms with van der Waals surface area (Å²) in [7, 11) is 1.28. The first-order valence-corrected chi connectivity index (χ1v) is 9.26. The van der Waals surface area contributed by atoms with E-state index in [1.165, 1.54) is 30.9 Å². The van der Waals surface area contributed by atoms with Crippen LogP contribution >= 0.6 is 0 Å². The number of ether oxygens (including phenoxy) is 2. The van der Waals surface area contributed by atoms with Crippen molar-refractivity contribution in [2.24, 2.45) is 0 Å². The maximum Gasteiger partial charge on any atom is 0.387 e. The molecule has 0 aliphatic heterocycles. The topological polar surface area (TPSA) is 76.7 Å². The maximum absolute atomic E-state index is 12.4. The number of carbonyl (C=O) groups is 2. The smallest absolute Gasteiger partial charge is 0.387 e. The number of amides is 2. The first-order chi connectivity index (χ1) is 14.0. The van der Waals surface area contributed by atoms with E-state index in [9.17, 15) is 18.4 Å². The number of fused-ring (bicyclic) bond motifs is 1. The van der Waals surface area contributed by atoms with Crippen molar-refractivity contribution in [3.05, 3.63) is 59.2 Å². The Labute approximate surface area is 167 Å². The fourth-order valence-corrected chi connectivity index (χ4v) is 3.41. The number of hydrogen-bond donors (Lipinski definition) is 2. The van der Waals surface area contributed by atoms with Crippen LogP contribution in [-0.4, -0.2) is 32.1 Å². The normalized spacial score (nSPS) is 15.4. The summed E-state index contributed by atoms with van der Waals surface area (Å²) in [4.78, 5) is 24.6. The Morgan fingerprint density at radius 1 is 1.17 bits per heavy atom. The van der Waals surface area contributed by atoms with Crippen molar-refractivity contribution >= 4 is 11.8 Å². The van der Waals surface area contributed by atoms with Crippen LogP contribution in [0, 0.1) is 0 Å². The highest BCUT2D eigenvalue weighted by Gasteiger charge is 2.21. The lowest BCUT2D eigenvalue weighted by atomic mass is 9.88. The van der Waals surface area contributed by atoms with Gasteiger partial charge in [0.25, 0.3) is 5.91 Å². The van der Waals surface area contributed by atoms with Crippen molar-refractivity contribution in [3.63, 3.8) is 0 Å². The largest absolute Gasteiger partial charge is 0.493 e. The van der Waals surface area contributed by atoms with Gasteiger partial charge in [-0.3, -0.25) is 9.59 Å². The number of carbonyl (C=O) groups excluding carboxylic acids is 2. The lowest BCUT2D eigenvalue weighted by Crippen LogP contribution is -2.39. The van der Waals surface area contributed by atoms with Crippen LogP contribution < -0.4 is 20.1 Å². The Hall–Kier alpha value is -3.16. The van der Waals surface area contributed by atoms with E-state index in [0.717, 1.165) is 24.8 Å². The summed E-state index contributed by atoms with van der Waals surface area (Å²) in [5.41, 5.74) is 2.50. The molecular weight excluding hydrogens is 382 g/mol. The standard InChI is InChI=1S/C21H22F2N2O4/c1-28-18-11-14(9-10-17(18)29-21(22)23)20(27)24-12-19(26)25-16-8-4-6-13-5-2-3-7-15(13)16/h2-3,5,7,9-11,16,21H,4,6,8,12H2,1H3,(H,24,27)(H,25,26). The first kappa shape index (κ1) is 20.6. The van der Waals surface area contributed by atoms with E-state index in [4.69, 9.17) is 4.74 Å². The molecule has 0 saturated carbocycles. The van der Waals surface area contributed by atoms with Crippen molar-refractivity contribution < 1.29 is 27.8 Å². The van der Waals surface area contributed by atoms with Crippen LogP contribution in [0.25, 0.3) is 0 Å². The number of benzene rings is 2. The third kappa shape index (κ3) is 5.22. The number of aryl methyl sites for hydroxylation is 1. The maximum atomic E-state index is 12.4. The minimum absolute atomic E-state index is 0.00112. The SMILES string of the molecule is COc1cc(C(=O)NCC(=O)NC2CCCc3ccccc32)ccc1OC(F)F. The Balaban J connectivity index is 1.57. The average Bonchev–Trinajstić information content (AvgIpc) is 2.72. The summed E-state index contributed by atoms with van der Waals surface area (Å²) in [5, 5.41) is 5.48. The summed E-state index contributed by atoms with van der Waals surface area (Å²) >= 11 is 0. The quantitative estimate of drug-likeness (QED) is 0.743. The first-order valence-electron chi connectivity index (χ1n) is 9.26. The predicted octanol–water partition coefficient (Wildman–Crippen LogP) is 3.22. The van der Waals surface area contributed by atoms with Crippen LogP contribution in [0.4, 0.5) is 8.78 Å². The third-order valence-corrected chi connectivity index (χ3v) is 4.76. The molecule has 1 aliphatic rings. The van der Waals surface area contributed by atoms with Gasteiger partial charge in [-0.25, -0.2) is 0 Å². The monoisotopic (exact) mass is 404 g/mol. The van der Waals surface area contributed by atoms with Crippen LogP contribution in [0.1, 0.15) is 40.4 Å². The van der Waals surface area contributed by atoms with Gasteiger partial charge in [-0.2, -0.15) is 8.78 Å². The van der Waals surface area contributed by atoms with Gasteiger partial charge in [-0.05, 0) is 48.6 Å².